The Morgan fingerprint density at radius 2 is 2.07 bits per heavy atom. The molecule has 8 nitrogen and oxygen atoms in total. The fourth-order valence-electron chi connectivity index (χ4n) is 2.86. The van der Waals surface area contributed by atoms with Crippen LogP contribution in [0.2, 0.25) is 0 Å². The third-order valence-electron chi connectivity index (χ3n) is 4.24. The van der Waals surface area contributed by atoms with E-state index in [1.165, 1.54) is 0 Å². The molecule has 0 atom stereocenters. The highest BCUT2D eigenvalue weighted by Gasteiger charge is 2.15. The van der Waals surface area contributed by atoms with Gasteiger partial charge in [-0.1, -0.05) is 6.07 Å². The number of hydrogen-bond acceptors (Lipinski definition) is 6. The summed E-state index contributed by atoms with van der Waals surface area (Å²) < 4.78 is 15.9. The molecule has 2 heterocycles. The van der Waals surface area contributed by atoms with Crippen molar-refractivity contribution >= 4 is 22.7 Å². The molecule has 0 saturated carbocycles. The predicted molar refractivity (Wildman–Crippen MR) is 102 cm³/mol. The SMILES string of the molecule is COc1cccc(-c2nc(CC(=O)Nc3ccc4oc(=O)[nH]c4c3)c(C)o2)c1. The third-order valence-corrected chi connectivity index (χ3v) is 4.24. The average Bonchev–Trinajstić information content (AvgIpc) is 3.23. The van der Waals surface area contributed by atoms with Crippen LogP contribution in [0.5, 0.6) is 5.75 Å². The third kappa shape index (κ3) is 3.52. The predicted octanol–water partition coefficient (Wildman–Crippen LogP) is 3.27. The molecule has 0 fully saturated rings. The van der Waals surface area contributed by atoms with Crippen LogP contribution in [0.25, 0.3) is 22.6 Å². The molecule has 0 saturated heterocycles. The minimum Gasteiger partial charge on any atom is -0.497 e. The van der Waals surface area contributed by atoms with Gasteiger partial charge >= 0.3 is 5.76 Å². The number of hydrogen-bond donors (Lipinski definition) is 2. The highest BCUT2D eigenvalue weighted by molar-refractivity contribution is 5.94. The molecule has 0 aliphatic heterocycles. The lowest BCUT2D eigenvalue weighted by Crippen LogP contribution is -2.15. The molecule has 0 aliphatic rings. The molecule has 28 heavy (non-hydrogen) atoms. The molecule has 4 rings (SSSR count). The van der Waals surface area contributed by atoms with E-state index in [-0.39, 0.29) is 12.3 Å². The fraction of sp³-hybridized carbons (Fsp3) is 0.150. The van der Waals surface area contributed by atoms with Crippen LogP contribution >= 0.6 is 0 Å². The van der Waals surface area contributed by atoms with E-state index in [4.69, 9.17) is 13.6 Å². The van der Waals surface area contributed by atoms with Gasteiger partial charge < -0.3 is 18.9 Å². The molecule has 2 aromatic heterocycles. The topological polar surface area (TPSA) is 110 Å². The van der Waals surface area contributed by atoms with Crippen LogP contribution in [0.1, 0.15) is 11.5 Å². The monoisotopic (exact) mass is 379 g/mol. The van der Waals surface area contributed by atoms with E-state index in [9.17, 15) is 9.59 Å². The van der Waals surface area contributed by atoms with Crippen LogP contribution in [0.3, 0.4) is 0 Å². The summed E-state index contributed by atoms with van der Waals surface area (Å²) >= 11 is 0. The molecule has 0 spiro atoms. The summed E-state index contributed by atoms with van der Waals surface area (Å²) in [5, 5.41) is 2.78. The number of aromatic amines is 1. The number of nitrogens with one attached hydrogen (secondary N) is 2. The quantitative estimate of drug-likeness (QED) is 0.551. The summed E-state index contributed by atoms with van der Waals surface area (Å²) in [5.41, 5.74) is 2.80. The summed E-state index contributed by atoms with van der Waals surface area (Å²) in [4.78, 5) is 30.6. The number of anilines is 1. The second-order valence-corrected chi connectivity index (χ2v) is 6.20. The average molecular weight is 379 g/mol. The van der Waals surface area contributed by atoms with Crippen LogP contribution in [-0.2, 0) is 11.2 Å². The Balaban J connectivity index is 1.50. The number of nitrogens with zero attached hydrogens (tertiary/aromatic N) is 1. The van der Waals surface area contributed by atoms with Crippen LogP contribution in [-0.4, -0.2) is 23.0 Å². The number of oxazole rings is 2. The van der Waals surface area contributed by atoms with E-state index in [2.05, 4.69) is 15.3 Å². The summed E-state index contributed by atoms with van der Waals surface area (Å²) in [6.07, 6.45) is 0.0548. The minimum atomic E-state index is -0.540. The number of amides is 1. The molecule has 0 aliphatic carbocycles. The lowest BCUT2D eigenvalue weighted by Gasteiger charge is -2.04. The number of ether oxygens (including phenoxy) is 1. The number of carbonyl (C=O) groups is 1. The summed E-state index contributed by atoms with van der Waals surface area (Å²) in [6.45, 7) is 1.77. The summed E-state index contributed by atoms with van der Waals surface area (Å²) in [6, 6.07) is 12.3. The number of aromatic nitrogens is 2. The van der Waals surface area contributed by atoms with Gasteiger partial charge in [-0.05, 0) is 43.3 Å². The molecule has 2 N–H and O–H groups in total. The Morgan fingerprint density at radius 3 is 2.89 bits per heavy atom. The molecule has 2 aromatic carbocycles. The number of aryl methyl sites for hydroxylation is 1. The van der Waals surface area contributed by atoms with Crippen molar-refractivity contribution in [2.45, 2.75) is 13.3 Å². The van der Waals surface area contributed by atoms with Gasteiger partial charge in [0, 0.05) is 11.3 Å². The van der Waals surface area contributed by atoms with Crippen molar-refractivity contribution in [3.05, 3.63) is 64.5 Å². The highest BCUT2D eigenvalue weighted by atomic mass is 16.5. The number of benzene rings is 2. The van der Waals surface area contributed by atoms with Crippen LogP contribution in [0, 0.1) is 6.92 Å². The fourth-order valence-corrected chi connectivity index (χ4v) is 2.86. The van der Waals surface area contributed by atoms with Crippen molar-refractivity contribution in [3.63, 3.8) is 0 Å². The van der Waals surface area contributed by atoms with Crippen LogP contribution in [0.15, 0.2) is 56.1 Å². The Hall–Kier alpha value is -3.81. The van der Waals surface area contributed by atoms with Crippen LogP contribution < -0.4 is 15.8 Å². The molecule has 0 radical (unpaired) electrons. The first-order chi connectivity index (χ1) is 13.5. The zero-order valence-corrected chi connectivity index (χ0v) is 15.2. The van der Waals surface area contributed by atoms with Crippen molar-refractivity contribution < 1.29 is 18.4 Å². The first-order valence-electron chi connectivity index (χ1n) is 8.55. The largest absolute Gasteiger partial charge is 0.497 e. The Morgan fingerprint density at radius 1 is 1.21 bits per heavy atom. The first-order valence-corrected chi connectivity index (χ1v) is 8.55. The number of fused-ring (bicyclic) bond motifs is 1. The zero-order valence-electron chi connectivity index (χ0n) is 15.2. The molecule has 142 valence electrons. The maximum atomic E-state index is 12.4. The molecular formula is C20H17N3O5. The van der Waals surface area contributed by atoms with Crippen molar-refractivity contribution in [2.24, 2.45) is 0 Å². The van der Waals surface area contributed by atoms with Crippen molar-refractivity contribution in [1.82, 2.24) is 9.97 Å². The Bertz CT molecular complexity index is 1220. The molecule has 8 heteroatoms. The first kappa shape index (κ1) is 17.6. The lowest BCUT2D eigenvalue weighted by atomic mass is 10.2. The number of carbonyl (C=O) groups excluding carboxylic acids is 1. The van der Waals surface area contributed by atoms with Gasteiger partial charge in [0.1, 0.15) is 11.5 Å². The molecular weight excluding hydrogens is 362 g/mol. The molecule has 0 unspecified atom stereocenters. The van der Waals surface area contributed by atoms with Gasteiger partial charge in [0.25, 0.3) is 0 Å². The molecule has 1 amide bonds. The van der Waals surface area contributed by atoms with Gasteiger partial charge in [0.2, 0.25) is 11.8 Å². The standard InChI is InChI=1S/C20H17N3O5/c1-11-15(22-19(27-11)12-4-3-5-14(8-12)26-2)10-18(24)21-13-6-7-17-16(9-13)23-20(25)28-17/h3-9H,10H2,1-2H3,(H,21,24)(H,23,25). The van der Waals surface area contributed by atoms with Gasteiger partial charge in [-0.25, -0.2) is 9.78 Å². The van der Waals surface area contributed by atoms with Gasteiger partial charge in [0.15, 0.2) is 5.58 Å². The van der Waals surface area contributed by atoms with E-state index in [0.29, 0.717) is 39.9 Å². The van der Waals surface area contributed by atoms with Crippen LogP contribution in [0.4, 0.5) is 5.69 Å². The van der Waals surface area contributed by atoms with Crippen molar-refractivity contribution in [2.75, 3.05) is 12.4 Å². The number of methoxy groups -OCH3 is 1. The van der Waals surface area contributed by atoms with E-state index in [1.54, 1.807) is 32.2 Å². The Kier molecular flexibility index (Phi) is 4.44. The van der Waals surface area contributed by atoms with Crippen molar-refractivity contribution in [1.29, 1.82) is 0 Å². The normalized spacial score (nSPS) is 10.9. The second-order valence-electron chi connectivity index (χ2n) is 6.20. The van der Waals surface area contributed by atoms with Gasteiger partial charge in [-0.2, -0.15) is 0 Å². The van der Waals surface area contributed by atoms with E-state index < -0.39 is 5.76 Å². The number of rotatable bonds is 5. The number of H-pyrrole nitrogens is 1. The zero-order chi connectivity index (χ0) is 19.7. The summed E-state index contributed by atoms with van der Waals surface area (Å²) in [5.74, 6) is 0.903. The second kappa shape index (κ2) is 7.07. The van der Waals surface area contributed by atoms with E-state index >= 15 is 0 Å². The maximum Gasteiger partial charge on any atom is 0.417 e. The van der Waals surface area contributed by atoms with Gasteiger partial charge in [-0.15, -0.1) is 0 Å². The maximum absolute atomic E-state index is 12.4. The lowest BCUT2D eigenvalue weighted by molar-refractivity contribution is -0.115. The van der Waals surface area contributed by atoms with Crippen molar-refractivity contribution in [3.8, 4) is 17.2 Å². The molecule has 4 aromatic rings. The minimum absolute atomic E-state index is 0.0548. The highest BCUT2D eigenvalue weighted by Crippen LogP contribution is 2.25. The van der Waals surface area contributed by atoms with Gasteiger partial charge in [-0.3, -0.25) is 9.78 Å². The van der Waals surface area contributed by atoms with Gasteiger partial charge in [0.05, 0.1) is 24.7 Å². The smallest absolute Gasteiger partial charge is 0.417 e. The van der Waals surface area contributed by atoms with E-state index in [0.717, 1.165) is 5.56 Å². The van der Waals surface area contributed by atoms with E-state index in [1.807, 2.05) is 24.3 Å². The summed E-state index contributed by atoms with van der Waals surface area (Å²) in [7, 11) is 1.59. The Labute approximate surface area is 159 Å². The molecule has 0 bridgehead atoms.